The van der Waals surface area contributed by atoms with Crippen LogP contribution in [0.15, 0.2) is 41.3 Å². The lowest BCUT2D eigenvalue weighted by Gasteiger charge is -2.38. The van der Waals surface area contributed by atoms with Crippen LogP contribution < -0.4 is 21.1 Å². The lowest BCUT2D eigenvalue weighted by atomic mass is 9.90. The minimum absolute atomic E-state index is 0.0296. The van der Waals surface area contributed by atoms with Crippen LogP contribution in [-0.4, -0.2) is 98.2 Å². The molecule has 2 fully saturated rings. The lowest BCUT2D eigenvalue weighted by Crippen LogP contribution is -2.44. The van der Waals surface area contributed by atoms with E-state index in [0.717, 1.165) is 69.5 Å². The Hall–Kier alpha value is -3.72. The van der Waals surface area contributed by atoms with E-state index in [0.29, 0.717) is 40.2 Å². The molecule has 0 spiro atoms. The summed E-state index contributed by atoms with van der Waals surface area (Å²) in [6, 6.07) is 10.2. The van der Waals surface area contributed by atoms with Gasteiger partial charge in [0, 0.05) is 80.4 Å². The Labute approximate surface area is 306 Å². The first kappa shape index (κ1) is 38.5. The highest BCUT2D eigenvalue weighted by atomic mass is 28.3. The number of rotatable bonds is 11. The molecule has 5 rings (SSSR count). The Balaban J connectivity index is 1.47. The van der Waals surface area contributed by atoms with Crippen LogP contribution in [0.5, 0.6) is 0 Å². The van der Waals surface area contributed by atoms with E-state index in [1.807, 2.05) is 29.8 Å². The summed E-state index contributed by atoms with van der Waals surface area (Å²) in [5, 5.41) is 7.43. The van der Waals surface area contributed by atoms with E-state index < -0.39 is 8.07 Å². The molecule has 1 amide bonds. The SMILES string of the molecule is CC(C)[Si](C#Cc1cc(=O)n(C2CCC(NC(=O)CCN(C)C)CC2)c2nc(Nc3ccc(N4CCN(C)CC4)cc3)ncc12)(C(C)C)C(C)C. The molecule has 2 aromatic heterocycles. The molecule has 0 radical (unpaired) electrons. The summed E-state index contributed by atoms with van der Waals surface area (Å²) in [5.74, 6) is 4.07. The van der Waals surface area contributed by atoms with Gasteiger partial charge in [0.2, 0.25) is 11.9 Å². The Morgan fingerprint density at radius 2 is 1.59 bits per heavy atom. The summed E-state index contributed by atoms with van der Waals surface area (Å²) < 4.78 is 1.87. The number of hydrogen-bond acceptors (Lipinski definition) is 8. The first-order valence-electron chi connectivity index (χ1n) is 19.0. The first-order chi connectivity index (χ1) is 24.3. The maximum atomic E-state index is 14.1. The molecule has 0 unspecified atom stereocenters. The maximum absolute atomic E-state index is 14.1. The molecular formula is C40H60N8O2Si. The molecule has 3 heterocycles. The summed E-state index contributed by atoms with van der Waals surface area (Å²) in [4.78, 5) is 43.3. The van der Waals surface area contributed by atoms with Gasteiger partial charge >= 0.3 is 0 Å². The molecule has 2 aliphatic rings. The van der Waals surface area contributed by atoms with Gasteiger partial charge in [0.05, 0.1) is 5.39 Å². The molecule has 1 saturated heterocycles. The number of anilines is 3. The third-order valence-electron chi connectivity index (χ3n) is 11.3. The Morgan fingerprint density at radius 1 is 0.961 bits per heavy atom. The third kappa shape index (κ3) is 9.02. The van der Waals surface area contributed by atoms with Crippen molar-refractivity contribution in [2.24, 2.45) is 0 Å². The molecule has 1 saturated carbocycles. The van der Waals surface area contributed by atoms with Gasteiger partial charge in [-0.25, -0.2) is 4.98 Å². The van der Waals surface area contributed by atoms with Crippen molar-refractivity contribution >= 4 is 42.3 Å². The van der Waals surface area contributed by atoms with Crippen LogP contribution in [0.25, 0.3) is 11.0 Å². The van der Waals surface area contributed by atoms with Crippen LogP contribution in [0.2, 0.25) is 16.6 Å². The zero-order valence-corrected chi connectivity index (χ0v) is 33.4. The smallest absolute Gasteiger partial charge is 0.253 e. The molecule has 2 N–H and O–H groups in total. The Kier molecular flexibility index (Phi) is 12.6. The van der Waals surface area contributed by atoms with Gasteiger partial charge in [0.25, 0.3) is 5.56 Å². The van der Waals surface area contributed by atoms with E-state index in [-0.39, 0.29) is 23.6 Å². The number of nitrogens with zero attached hydrogens (tertiary/aromatic N) is 6. The molecule has 276 valence electrons. The average molecular weight is 713 g/mol. The van der Waals surface area contributed by atoms with E-state index in [1.54, 1.807) is 6.07 Å². The molecule has 0 bridgehead atoms. The fraction of sp³-hybridized carbons (Fsp3) is 0.600. The number of carbonyl (C=O) groups is 1. The zero-order chi connectivity index (χ0) is 36.9. The second-order valence-corrected chi connectivity index (χ2v) is 21.5. The van der Waals surface area contributed by atoms with Crippen molar-refractivity contribution in [2.45, 2.75) is 102 Å². The highest BCUT2D eigenvalue weighted by Crippen LogP contribution is 2.41. The van der Waals surface area contributed by atoms with Crippen LogP contribution in [0.3, 0.4) is 0 Å². The van der Waals surface area contributed by atoms with E-state index >= 15 is 0 Å². The van der Waals surface area contributed by atoms with Crippen LogP contribution in [-0.2, 0) is 4.79 Å². The molecule has 11 heteroatoms. The minimum Gasteiger partial charge on any atom is -0.369 e. The predicted molar refractivity (Wildman–Crippen MR) is 214 cm³/mol. The molecule has 51 heavy (non-hydrogen) atoms. The number of pyridine rings is 1. The number of aromatic nitrogens is 3. The number of nitrogens with one attached hydrogen (secondary N) is 2. The first-order valence-corrected chi connectivity index (χ1v) is 21.2. The zero-order valence-electron chi connectivity index (χ0n) is 32.4. The Bertz CT molecular complexity index is 1740. The maximum Gasteiger partial charge on any atom is 0.253 e. The van der Waals surface area contributed by atoms with Gasteiger partial charge < -0.3 is 25.3 Å². The normalized spacial score (nSPS) is 18.8. The summed E-state index contributed by atoms with van der Waals surface area (Å²) in [7, 11) is 4.08. The highest BCUT2D eigenvalue weighted by Gasteiger charge is 2.41. The van der Waals surface area contributed by atoms with Crippen LogP contribution in [0.4, 0.5) is 17.3 Å². The van der Waals surface area contributed by atoms with Gasteiger partial charge in [-0.3, -0.25) is 14.2 Å². The fourth-order valence-electron chi connectivity index (χ4n) is 8.30. The van der Waals surface area contributed by atoms with Gasteiger partial charge in [-0.1, -0.05) is 47.5 Å². The second-order valence-electron chi connectivity index (χ2n) is 15.9. The minimum atomic E-state index is -2.04. The topological polar surface area (TPSA) is 98.6 Å². The number of piperazine rings is 1. The van der Waals surface area contributed by atoms with Crippen LogP contribution in [0.1, 0.15) is 85.3 Å². The van der Waals surface area contributed by atoms with Crippen molar-refractivity contribution in [1.82, 2.24) is 29.7 Å². The number of carbonyl (C=O) groups excluding carboxylic acids is 1. The third-order valence-corrected chi connectivity index (χ3v) is 17.6. The number of hydrogen-bond donors (Lipinski definition) is 2. The van der Waals surface area contributed by atoms with E-state index in [2.05, 4.69) is 105 Å². The molecule has 3 aromatic rings. The van der Waals surface area contributed by atoms with Crippen molar-refractivity contribution in [1.29, 1.82) is 0 Å². The van der Waals surface area contributed by atoms with E-state index in [9.17, 15) is 9.59 Å². The second kappa shape index (κ2) is 16.7. The summed E-state index contributed by atoms with van der Waals surface area (Å²) >= 11 is 0. The predicted octanol–water partition coefficient (Wildman–Crippen LogP) is 6.41. The van der Waals surface area contributed by atoms with Crippen LogP contribution >= 0.6 is 0 Å². The molecular weight excluding hydrogens is 653 g/mol. The quantitative estimate of drug-likeness (QED) is 0.174. The number of amides is 1. The highest BCUT2D eigenvalue weighted by molar-refractivity contribution is 6.90. The number of fused-ring (bicyclic) bond motifs is 1. The van der Waals surface area contributed by atoms with Crippen molar-refractivity contribution in [2.75, 3.05) is 64.1 Å². The lowest BCUT2D eigenvalue weighted by molar-refractivity contribution is -0.122. The number of likely N-dealkylation sites (N-methyl/N-ethyl adjacent to an activating group) is 1. The Morgan fingerprint density at radius 3 is 2.18 bits per heavy atom. The van der Waals surface area contributed by atoms with E-state index in [4.69, 9.17) is 9.97 Å². The van der Waals surface area contributed by atoms with E-state index in [1.165, 1.54) is 5.69 Å². The summed E-state index contributed by atoms with van der Waals surface area (Å²) in [6.45, 7) is 18.7. The van der Waals surface area contributed by atoms with Crippen molar-refractivity contribution in [3.05, 3.63) is 52.4 Å². The molecule has 0 atom stereocenters. The van der Waals surface area contributed by atoms with Crippen molar-refractivity contribution in [3.63, 3.8) is 0 Å². The monoisotopic (exact) mass is 712 g/mol. The number of benzene rings is 1. The largest absolute Gasteiger partial charge is 0.369 e. The van der Waals surface area contributed by atoms with Gasteiger partial charge in [-0.2, -0.15) is 4.98 Å². The van der Waals surface area contributed by atoms with Gasteiger partial charge in [0.15, 0.2) is 0 Å². The molecule has 1 aromatic carbocycles. The molecule has 10 nitrogen and oxygen atoms in total. The van der Waals surface area contributed by atoms with Gasteiger partial charge in [-0.15, -0.1) is 5.54 Å². The van der Waals surface area contributed by atoms with Crippen LogP contribution in [0, 0.1) is 11.5 Å². The van der Waals surface area contributed by atoms with Gasteiger partial charge in [0.1, 0.15) is 13.7 Å². The fourth-order valence-corrected chi connectivity index (χ4v) is 13.5. The average Bonchev–Trinajstić information content (AvgIpc) is 3.08. The summed E-state index contributed by atoms with van der Waals surface area (Å²) in [6.07, 6.45) is 5.51. The molecule has 1 aliphatic heterocycles. The standard InChI is InChI=1S/C40H60N8O2Si/c1-28(2)51(29(3)4,30(5)6)25-19-31-26-38(50)48(35-16-12-32(13-17-35)42-37(49)18-20-45(7)8)39-36(31)27-41-40(44-39)43-33-10-14-34(15-11-33)47-23-21-46(9)22-24-47/h10-11,14-15,26-30,32,35H,12-13,16-18,20-24H2,1-9H3,(H,42,49)(H,41,43,44). The van der Waals surface area contributed by atoms with Crippen molar-refractivity contribution in [3.8, 4) is 11.5 Å². The molecule has 1 aliphatic carbocycles. The van der Waals surface area contributed by atoms with Crippen molar-refractivity contribution < 1.29 is 4.79 Å². The van der Waals surface area contributed by atoms with Gasteiger partial charge in [-0.05, 0) is 87.7 Å². The summed E-state index contributed by atoms with van der Waals surface area (Å²) in [5.41, 5.74) is 8.58.